The van der Waals surface area contributed by atoms with E-state index in [4.69, 9.17) is 18.9 Å². The number of hydrogen-bond acceptors (Lipinski definition) is 5. The Morgan fingerprint density at radius 2 is 1.97 bits per heavy atom. The molecule has 0 fully saturated rings. The quantitative estimate of drug-likeness (QED) is 0.0644. The van der Waals surface area contributed by atoms with E-state index in [1.165, 1.54) is 5.56 Å². The molecule has 170 valence electrons. The molecule has 1 aromatic rings. The van der Waals surface area contributed by atoms with E-state index in [1.807, 2.05) is 25.1 Å². The molecule has 0 aliphatic heterocycles. The van der Waals surface area contributed by atoms with Crippen LogP contribution in [0.2, 0.25) is 0 Å². The highest BCUT2D eigenvalue weighted by Gasteiger charge is 2.18. The maximum atomic E-state index is 12.0. The number of benzene rings is 1. The number of rotatable bonds is 17. The van der Waals surface area contributed by atoms with Crippen LogP contribution in [-0.4, -0.2) is 43.1 Å². The Morgan fingerprint density at radius 3 is 2.63 bits per heavy atom. The average molecular weight is 532 g/mol. The maximum absolute atomic E-state index is 12.0. The number of alkyl halides is 1. The van der Waals surface area contributed by atoms with Crippen LogP contribution in [0.4, 0.5) is 0 Å². The summed E-state index contributed by atoms with van der Waals surface area (Å²) >= 11 is 2.31. The Labute approximate surface area is 195 Å². The Bertz CT molecular complexity index is 578. The van der Waals surface area contributed by atoms with E-state index in [-0.39, 0.29) is 30.9 Å². The molecule has 0 aliphatic rings. The molecule has 6 heteroatoms. The predicted molar refractivity (Wildman–Crippen MR) is 129 cm³/mol. The third kappa shape index (κ3) is 13.4. The van der Waals surface area contributed by atoms with Crippen LogP contribution in [0, 0.1) is 5.92 Å². The first kappa shape index (κ1) is 27.1. The second-order valence-corrected chi connectivity index (χ2v) is 8.20. The van der Waals surface area contributed by atoms with Crippen molar-refractivity contribution in [2.75, 3.05) is 24.9 Å². The number of halogens is 1. The van der Waals surface area contributed by atoms with Crippen molar-refractivity contribution in [2.45, 2.75) is 64.8 Å². The van der Waals surface area contributed by atoms with Gasteiger partial charge in [-0.05, 0) is 51.0 Å². The number of hydrogen-bond donors (Lipinski definition) is 0. The largest absolute Gasteiger partial charge is 0.466 e. The molecule has 1 rings (SSSR count). The monoisotopic (exact) mass is 532 g/mol. The molecule has 1 aromatic carbocycles. The Hall–Kier alpha value is -0.960. The fourth-order valence-electron chi connectivity index (χ4n) is 3.05. The summed E-state index contributed by atoms with van der Waals surface area (Å²) < 4.78 is 22.6. The van der Waals surface area contributed by atoms with Crippen molar-refractivity contribution in [3.8, 4) is 0 Å². The average Bonchev–Trinajstić information content (AvgIpc) is 2.75. The summed E-state index contributed by atoms with van der Waals surface area (Å²) in [4.78, 5) is 12.0. The molecule has 3 atom stereocenters. The fourth-order valence-corrected chi connectivity index (χ4v) is 3.66. The predicted octanol–water partition coefficient (Wildman–Crippen LogP) is 5.70. The standard InChI is InChI=1S/C24H37IO5/c1-4-28-24(26)16-22(15-23(17-25)30-19-27-3)14-10-5-7-11-20(2)29-18-21-12-8-6-9-13-21/h6,8-10,12-14,20,22-23H,4-5,7,11,15-19H2,1-3H3/b14-10+/t20-,22+,23-/m0/s1. The van der Waals surface area contributed by atoms with Gasteiger partial charge in [0.25, 0.3) is 0 Å². The zero-order valence-electron chi connectivity index (χ0n) is 18.6. The molecule has 0 unspecified atom stereocenters. The lowest BCUT2D eigenvalue weighted by molar-refractivity contribution is -0.144. The van der Waals surface area contributed by atoms with Crippen molar-refractivity contribution < 1.29 is 23.7 Å². The van der Waals surface area contributed by atoms with Crippen LogP contribution in [0.1, 0.15) is 51.5 Å². The van der Waals surface area contributed by atoms with Crippen LogP contribution >= 0.6 is 22.6 Å². The lowest BCUT2D eigenvalue weighted by atomic mass is 9.97. The maximum Gasteiger partial charge on any atom is 0.306 e. The van der Waals surface area contributed by atoms with E-state index >= 15 is 0 Å². The minimum absolute atomic E-state index is 0.0565. The zero-order valence-corrected chi connectivity index (χ0v) is 20.7. The fraction of sp³-hybridized carbons (Fsp3) is 0.625. The molecule has 0 saturated carbocycles. The van der Waals surface area contributed by atoms with Gasteiger partial charge in [-0.2, -0.15) is 0 Å². The van der Waals surface area contributed by atoms with E-state index in [0.29, 0.717) is 19.6 Å². The number of unbranched alkanes of at least 4 members (excludes halogenated alkanes) is 1. The van der Waals surface area contributed by atoms with Crippen LogP contribution in [-0.2, 0) is 30.3 Å². The highest BCUT2D eigenvalue weighted by atomic mass is 127. The minimum Gasteiger partial charge on any atom is -0.466 e. The summed E-state index contributed by atoms with van der Waals surface area (Å²) in [7, 11) is 1.62. The van der Waals surface area contributed by atoms with Crippen LogP contribution in [0.25, 0.3) is 0 Å². The summed E-state index contributed by atoms with van der Waals surface area (Å²) in [5.41, 5.74) is 1.20. The summed E-state index contributed by atoms with van der Waals surface area (Å²) in [6, 6.07) is 10.2. The van der Waals surface area contributed by atoms with Crippen molar-refractivity contribution in [3.63, 3.8) is 0 Å². The molecule has 0 N–H and O–H groups in total. The SMILES string of the molecule is CCOC(=O)C[C@H](/C=C/CCC[C@H](C)OCc1ccccc1)C[C@@H](CI)OCOC. The second-order valence-electron chi connectivity index (χ2n) is 7.32. The lowest BCUT2D eigenvalue weighted by Crippen LogP contribution is -2.22. The van der Waals surface area contributed by atoms with Gasteiger partial charge in [0.05, 0.1) is 31.8 Å². The van der Waals surface area contributed by atoms with Gasteiger partial charge < -0.3 is 18.9 Å². The zero-order chi connectivity index (χ0) is 22.0. The lowest BCUT2D eigenvalue weighted by Gasteiger charge is -2.19. The van der Waals surface area contributed by atoms with Gasteiger partial charge in [-0.3, -0.25) is 4.79 Å². The molecule has 0 spiro atoms. The number of esters is 1. The van der Waals surface area contributed by atoms with Gasteiger partial charge in [0.1, 0.15) is 6.79 Å². The van der Waals surface area contributed by atoms with Crippen molar-refractivity contribution in [1.29, 1.82) is 0 Å². The van der Waals surface area contributed by atoms with Gasteiger partial charge >= 0.3 is 5.97 Å². The first-order chi connectivity index (χ1) is 14.6. The van der Waals surface area contributed by atoms with Gasteiger partial charge in [-0.15, -0.1) is 0 Å². The van der Waals surface area contributed by atoms with E-state index in [1.54, 1.807) is 7.11 Å². The van der Waals surface area contributed by atoms with Gasteiger partial charge in [-0.25, -0.2) is 0 Å². The van der Waals surface area contributed by atoms with Gasteiger partial charge in [0.15, 0.2) is 0 Å². The Kier molecular flexibility index (Phi) is 16.0. The molecular weight excluding hydrogens is 495 g/mol. The summed E-state index contributed by atoms with van der Waals surface area (Å²) in [5, 5.41) is 0. The highest BCUT2D eigenvalue weighted by molar-refractivity contribution is 14.1. The normalized spacial score (nSPS) is 14.5. The summed E-state index contributed by atoms with van der Waals surface area (Å²) in [6.07, 6.45) is 8.77. The van der Waals surface area contributed by atoms with E-state index in [0.717, 1.165) is 30.1 Å². The number of carbonyl (C=O) groups excluding carboxylic acids is 1. The molecular formula is C24H37IO5. The molecule has 0 saturated heterocycles. The third-order valence-corrected chi connectivity index (χ3v) is 5.64. The highest BCUT2D eigenvalue weighted by Crippen LogP contribution is 2.19. The molecule has 5 nitrogen and oxygen atoms in total. The van der Waals surface area contributed by atoms with Crippen LogP contribution in [0.3, 0.4) is 0 Å². The Morgan fingerprint density at radius 1 is 1.20 bits per heavy atom. The molecule has 0 heterocycles. The first-order valence-electron chi connectivity index (χ1n) is 10.7. The molecule has 0 aliphatic carbocycles. The van der Waals surface area contributed by atoms with E-state index in [2.05, 4.69) is 53.8 Å². The van der Waals surface area contributed by atoms with Crippen LogP contribution in [0.15, 0.2) is 42.5 Å². The van der Waals surface area contributed by atoms with Crippen LogP contribution in [0.5, 0.6) is 0 Å². The van der Waals surface area contributed by atoms with E-state index in [9.17, 15) is 4.79 Å². The van der Waals surface area contributed by atoms with Gasteiger partial charge in [0, 0.05) is 11.5 Å². The summed E-state index contributed by atoms with van der Waals surface area (Å²) in [6.45, 7) is 5.28. The third-order valence-electron chi connectivity index (χ3n) is 4.66. The topological polar surface area (TPSA) is 54.0 Å². The molecule has 0 aromatic heterocycles. The van der Waals surface area contributed by atoms with Gasteiger partial charge in [-0.1, -0.05) is 65.1 Å². The first-order valence-corrected chi connectivity index (χ1v) is 12.3. The van der Waals surface area contributed by atoms with Crippen molar-refractivity contribution in [2.24, 2.45) is 5.92 Å². The van der Waals surface area contributed by atoms with E-state index < -0.39 is 0 Å². The minimum atomic E-state index is -0.158. The second kappa shape index (κ2) is 17.7. The molecule has 0 bridgehead atoms. The smallest absolute Gasteiger partial charge is 0.306 e. The summed E-state index contributed by atoms with van der Waals surface area (Å²) in [5.74, 6) is -0.0542. The number of carbonyl (C=O) groups is 1. The van der Waals surface area contributed by atoms with Crippen LogP contribution < -0.4 is 0 Å². The van der Waals surface area contributed by atoms with Crippen molar-refractivity contribution in [1.82, 2.24) is 0 Å². The van der Waals surface area contributed by atoms with Crippen molar-refractivity contribution >= 4 is 28.6 Å². The number of methoxy groups -OCH3 is 1. The number of allylic oxidation sites excluding steroid dienone is 2. The Balaban J connectivity index is 2.39. The molecule has 0 amide bonds. The number of ether oxygens (including phenoxy) is 4. The van der Waals surface area contributed by atoms with Crippen molar-refractivity contribution in [3.05, 3.63) is 48.0 Å². The molecule has 30 heavy (non-hydrogen) atoms. The van der Waals surface area contributed by atoms with Gasteiger partial charge in [0.2, 0.25) is 0 Å². The molecule has 0 radical (unpaired) electrons.